The van der Waals surface area contributed by atoms with Crippen molar-refractivity contribution in [2.75, 3.05) is 6.26 Å². The van der Waals surface area contributed by atoms with Gasteiger partial charge in [-0.2, -0.15) is 5.10 Å². The maximum atomic E-state index is 12.5. The Labute approximate surface area is 158 Å². The van der Waals surface area contributed by atoms with Crippen LogP contribution in [0, 0.1) is 6.92 Å². The average molecular weight is 383 g/mol. The molecule has 0 radical (unpaired) electrons. The lowest BCUT2D eigenvalue weighted by atomic mass is 10.1. The summed E-state index contributed by atoms with van der Waals surface area (Å²) in [4.78, 5) is 12.7. The number of nitrogens with zero attached hydrogens (tertiary/aromatic N) is 1. The van der Waals surface area contributed by atoms with Gasteiger partial charge in [-0.1, -0.05) is 42.0 Å². The fraction of sp³-hybridized carbons (Fsp3) is 0.200. The second-order valence-electron chi connectivity index (χ2n) is 6.57. The number of amides is 1. The fourth-order valence-corrected chi connectivity index (χ4v) is 3.30. The minimum absolute atomic E-state index is 0.251. The molecule has 0 bridgehead atoms. The Kier molecular flexibility index (Phi) is 5.14. The Balaban J connectivity index is 1.71. The van der Waals surface area contributed by atoms with E-state index in [1.807, 2.05) is 38.1 Å². The summed E-state index contributed by atoms with van der Waals surface area (Å²) in [6.07, 6.45) is 1.16. The van der Waals surface area contributed by atoms with Crippen LogP contribution in [0.15, 0.2) is 59.5 Å². The van der Waals surface area contributed by atoms with Crippen LogP contribution >= 0.6 is 0 Å². The minimum atomic E-state index is -3.24. The van der Waals surface area contributed by atoms with Gasteiger partial charge in [0.25, 0.3) is 5.91 Å². The second kappa shape index (κ2) is 7.36. The number of carbonyl (C=O) groups is 1. The summed E-state index contributed by atoms with van der Waals surface area (Å²) < 4.78 is 23.1. The van der Waals surface area contributed by atoms with Gasteiger partial charge < -0.3 is 5.32 Å². The summed E-state index contributed by atoms with van der Waals surface area (Å²) in [5, 5.41) is 9.85. The van der Waals surface area contributed by atoms with Gasteiger partial charge in [-0.25, -0.2) is 8.42 Å². The topological polar surface area (TPSA) is 91.9 Å². The molecule has 0 aliphatic rings. The molecule has 0 fully saturated rings. The molecule has 0 aliphatic carbocycles. The van der Waals surface area contributed by atoms with E-state index in [2.05, 4.69) is 15.5 Å². The van der Waals surface area contributed by atoms with E-state index in [0.29, 0.717) is 11.4 Å². The molecular formula is C20H21N3O3S. The van der Waals surface area contributed by atoms with Gasteiger partial charge in [0.1, 0.15) is 5.69 Å². The van der Waals surface area contributed by atoms with Gasteiger partial charge in [0.05, 0.1) is 16.6 Å². The van der Waals surface area contributed by atoms with Gasteiger partial charge in [-0.3, -0.25) is 9.89 Å². The van der Waals surface area contributed by atoms with Crippen molar-refractivity contribution in [3.8, 4) is 11.3 Å². The lowest BCUT2D eigenvalue weighted by molar-refractivity contribution is 0.0935. The van der Waals surface area contributed by atoms with Gasteiger partial charge in [-0.15, -0.1) is 0 Å². The average Bonchev–Trinajstić information content (AvgIpc) is 3.12. The highest BCUT2D eigenvalue weighted by atomic mass is 32.2. The first-order valence-electron chi connectivity index (χ1n) is 8.47. The number of carbonyl (C=O) groups excluding carboxylic acids is 1. The lowest BCUT2D eigenvalue weighted by Crippen LogP contribution is -2.27. The lowest BCUT2D eigenvalue weighted by Gasteiger charge is -2.14. The normalized spacial score (nSPS) is 12.6. The smallest absolute Gasteiger partial charge is 0.269 e. The predicted octanol–water partition coefficient (Wildman–Crippen LogP) is 3.28. The number of aryl methyl sites for hydroxylation is 1. The third-order valence-corrected chi connectivity index (χ3v) is 5.45. The summed E-state index contributed by atoms with van der Waals surface area (Å²) in [5.41, 5.74) is 3.97. The number of hydrogen-bond donors (Lipinski definition) is 2. The molecular weight excluding hydrogens is 362 g/mol. The van der Waals surface area contributed by atoms with Gasteiger partial charge in [0, 0.05) is 11.8 Å². The molecule has 1 aromatic heterocycles. The second-order valence-corrected chi connectivity index (χ2v) is 8.58. The molecule has 2 N–H and O–H groups in total. The number of aromatic amines is 1. The van der Waals surface area contributed by atoms with Crippen molar-refractivity contribution in [1.82, 2.24) is 15.5 Å². The molecule has 2 aromatic carbocycles. The maximum absolute atomic E-state index is 12.5. The zero-order chi connectivity index (χ0) is 19.6. The maximum Gasteiger partial charge on any atom is 0.269 e. The van der Waals surface area contributed by atoms with Crippen LogP contribution in [0.1, 0.15) is 34.6 Å². The first-order chi connectivity index (χ1) is 12.7. The Morgan fingerprint density at radius 1 is 1.07 bits per heavy atom. The first-order valence-corrected chi connectivity index (χ1v) is 10.4. The van der Waals surface area contributed by atoms with E-state index in [1.165, 1.54) is 0 Å². The van der Waals surface area contributed by atoms with Crippen LogP contribution in [0.3, 0.4) is 0 Å². The van der Waals surface area contributed by atoms with E-state index >= 15 is 0 Å². The number of rotatable bonds is 5. The van der Waals surface area contributed by atoms with Gasteiger partial charge in [0.15, 0.2) is 9.84 Å². The summed E-state index contributed by atoms with van der Waals surface area (Å²) in [7, 11) is -3.24. The predicted molar refractivity (Wildman–Crippen MR) is 104 cm³/mol. The SMILES string of the molecule is Cc1ccc(-c2cc(C(=O)N[C@H](C)c3ccc(S(C)(=O)=O)cc3)[nH]n2)cc1. The molecule has 0 aliphatic heterocycles. The molecule has 140 valence electrons. The van der Waals surface area contributed by atoms with Crippen molar-refractivity contribution in [3.63, 3.8) is 0 Å². The number of H-pyrrole nitrogens is 1. The standard InChI is InChI=1S/C20H21N3O3S/c1-13-4-6-16(7-5-13)18-12-19(23-22-18)20(24)21-14(2)15-8-10-17(11-9-15)27(3,25)26/h4-12,14H,1-3H3,(H,21,24)(H,22,23)/t14-/m1/s1. The summed E-state index contributed by atoms with van der Waals surface area (Å²) >= 11 is 0. The van der Waals surface area contributed by atoms with Crippen LogP contribution in [-0.4, -0.2) is 30.8 Å². The van der Waals surface area contributed by atoms with E-state index in [-0.39, 0.29) is 16.8 Å². The number of benzene rings is 2. The third-order valence-electron chi connectivity index (χ3n) is 4.33. The Bertz CT molecular complexity index is 1050. The van der Waals surface area contributed by atoms with Crippen molar-refractivity contribution in [3.05, 3.63) is 71.4 Å². The summed E-state index contributed by atoms with van der Waals surface area (Å²) in [5.74, 6) is -0.277. The Morgan fingerprint density at radius 2 is 1.70 bits per heavy atom. The number of aromatic nitrogens is 2. The van der Waals surface area contributed by atoms with E-state index in [1.54, 1.807) is 30.3 Å². The van der Waals surface area contributed by atoms with Gasteiger partial charge in [-0.05, 0) is 37.6 Å². The molecule has 0 saturated carbocycles. The number of nitrogens with one attached hydrogen (secondary N) is 2. The molecule has 27 heavy (non-hydrogen) atoms. The van der Waals surface area contributed by atoms with Crippen LogP contribution in [0.5, 0.6) is 0 Å². The van der Waals surface area contributed by atoms with Gasteiger partial charge in [0.2, 0.25) is 0 Å². The summed E-state index contributed by atoms with van der Waals surface area (Å²) in [6.45, 7) is 3.85. The molecule has 3 aromatic rings. The monoisotopic (exact) mass is 383 g/mol. The van der Waals surface area contributed by atoms with Crippen molar-refractivity contribution in [2.45, 2.75) is 24.8 Å². The molecule has 1 amide bonds. The zero-order valence-corrected chi connectivity index (χ0v) is 16.2. The number of hydrogen-bond acceptors (Lipinski definition) is 4. The Morgan fingerprint density at radius 3 is 2.30 bits per heavy atom. The summed E-state index contributed by atoms with van der Waals surface area (Å²) in [6, 6.07) is 15.8. The fourth-order valence-electron chi connectivity index (χ4n) is 2.67. The Hall–Kier alpha value is -2.93. The molecule has 0 saturated heterocycles. The van der Waals surface area contributed by atoms with Crippen LogP contribution in [0.2, 0.25) is 0 Å². The number of sulfone groups is 1. The molecule has 0 spiro atoms. The highest BCUT2D eigenvalue weighted by Gasteiger charge is 2.15. The highest BCUT2D eigenvalue weighted by Crippen LogP contribution is 2.20. The van der Waals surface area contributed by atoms with Crippen LogP contribution < -0.4 is 5.32 Å². The van der Waals surface area contributed by atoms with Crippen molar-refractivity contribution in [2.24, 2.45) is 0 Å². The van der Waals surface area contributed by atoms with Crippen molar-refractivity contribution in [1.29, 1.82) is 0 Å². The molecule has 1 heterocycles. The van der Waals surface area contributed by atoms with Crippen molar-refractivity contribution >= 4 is 15.7 Å². The van der Waals surface area contributed by atoms with Gasteiger partial charge >= 0.3 is 0 Å². The third kappa shape index (κ3) is 4.43. The largest absolute Gasteiger partial charge is 0.344 e. The van der Waals surface area contributed by atoms with Crippen LogP contribution in [-0.2, 0) is 9.84 Å². The molecule has 0 unspecified atom stereocenters. The molecule has 7 heteroatoms. The van der Waals surface area contributed by atoms with Crippen LogP contribution in [0.4, 0.5) is 0 Å². The van der Waals surface area contributed by atoms with E-state index in [0.717, 1.165) is 22.9 Å². The minimum Gasteiger partial charge on any atom is -0.344 e. The first kappa shape index (κ1) is 18.8. The van der Waals surface area contributed by atoms with E-state index in [4.69, 9.17) is 0 Å². The highest BCUT2D eigenvalue weighted by molar-refractivity contribution is 7.90. The zero-order valence-electron chi connectivity index (χ0n) is 15.4. The quantitative estimate of drug-likeness (QED) is 0.707. The van der Waals surface area contributed by atoms with E-state index in [9.17, 15) is 13.2 Å². The molecule has 1 atom stereocenters. The van der Waals surface area contributed by atoms with Crippen molar-refractivity contribution < 1.29 is 13.2 Å². The van der Waals surface area contributed by atoms with E-state index < -0.39 is 9.84 Å². The molecule has 3 rings (SSSR count). The molecule has 6 nitrogen and oxygen atoms in total. The van der Waals surface area contributed by atoms with Crippen LogP contribution in [0.25, 0.3) is 11.3 Å².